The summed E-state index contributed by atoms with van der Waals surface area (Å²) in [4.78, 5) is 4.42. The molecule has 1 aromatic rings. The number of aryl methyl sites for hydroxylation is 1. The van der Waals surface area contributed by atoms with E-state index in [0.29, 0.717) is 6.73 Å². The number of ether oxygens (including phenoxy) is 1. The van der Waals surface area contributed by atoms with Gasteiger partial charge in [0.1, 0.15) is 17.2 Å². The molecule has 0 radical (unpaired) electrons. The fourth-order valence-electron chi connectivity index (χ4n) is 1.62. The second kappa shape index (κ2) is 6.16. The molecule has 0 aromatic carbocycles. The van der Waals surface area contributed by atoms with E-state index < -0.39 is 8.07 Å². The van der Waals surface area contributed by atoms with Gasteiger partial charge in [0, 0.05) is 14.7 Å². The second-order valence-corrected chi connectivity index (χ2v) is 11.9. The Hall–Kier alpha value is -0.133. The van der Waals surface area contributed by atoms with E-state index in [1.807, 2.05) is 6.92 Å². The van der Waals surface area contributed by atoms with Crippen LogP contribution in [0.1, 0.15) is 18.4 Å². The van der Waals surface area contributed by atoms with Crippen LogP contribution in [0.4, 0.5) is 0 Å². The molecule has 0 spiro atoms. The predicted octanol–water partition coefficient (Wildman–Crippen LogP) is 3.83. The summed E-state index contributed by atoms with van der Waals surface area (Å²) in [7, 11) is -0.985. The molecule has 0 N–H and O–H groups in total. The molecule has 0 aliphatic heterocycles. The second-order valence-electron chi connectivity index (χ2n) is 5.53. The minimum atomic E-state index is -0.985. The third kappa shape index (κ3) is 4.56. The molecule has 5 heteroatoms. The molecule has 3 nitrogen and oxygen atoms in total. The molecule has 0 saturated carbocycles. The zero-order valence-electron chi connectivity index (χ0n) is 11.5. The van der Waals surface area contributed by atoms with Gasteiger partial charge in [-0.2, -0.15) is 0 Å². The van der Waals surface area contributed by atoms with Crippen molar-refractivity contribution < 1.29 is 4.74 Å². The Balaban J connectivity index is 2.52. The predicted molar refractivity (Wildman–Crippen MR) is 78.1 cm³/mol. The highest BCUT2D eigenvalue weighted by Crippen LogP contribution is 2.18. The van der Waals surface area contributed by atoms with E-state index in [9.17, 15) is 0 Å². The van der Waals surface area contributed by atoms with Crippen LogP contribution >= 0.6 is 15.9 Å². The van der Waals surface area contributed by atoms with Crippen LogP contribution in [0, 0.1) is 6.92 Å². The third-order valence-corrected chi connectivity index (χ3v) is 5.11. The van der Waals surface area contributed by atoms with Gasteiger partial charge >= 0.3 is 0 Å². The zero-order valence-corrected chi connectivity index (χ0v) is 14.1. The Bertz CT molecular complexity index is 371. The first-order valence-electron chi connectivity index (χ1n) is 6.14. The molecule has 0 atom stereocenters. The summed E-state index contributed by atoms with van der Waals surface area (Å²) in [6.45, 7) is 12.7. The molecular weight excluding hydrogens is 296 g/mol. The van der Waals surface area contributed by atoms with Crippen molar-refractivity contribution in [2.45, 2.75) is 52.7 Å². The number of rotatable bonds is 6. The summed E-state index contributed by atoms with van der Waals surface area (Å²) >= 11 is 3.49. The van der Waals surface area contributed by atoms with Gasteiger partial charge in [-0.05, 0) is 35.3 Å². The van der Waals surface area contributed by atoms with Gasteiger partial charge in [0.2, 0.25) is 0 Å². The largest absolute Gasteiger partial charge is 0.361 e. The van der Waals surface area contributed by atoms with E-state index in [0.717, 1.165) is 23.5 Å². The summed E-state index contributed by atoms with van der Waals surface area (Å²) in [6.07, 6.45) is 0.971. The third-order valence-electron chi connectivity index (χ3n) is 2.77. The van der Waals surface area contributed by atoms with Crippen LogP contribution in [0.25, 0.3) is 0 Å². The number of nitrogens with zero attached hydrogens (tertiary/aromatic N) is 2. The van der Waals surface area contributed by atoms with Crippen molar-refractivity contribution in [2.24, 2.45) is 0 Å². The molecule has 0 unspecified atom stereocenters. The van der Waals surface area contributed by atoms with Crippen LogP contribution in [-0.2, 0) is 17.9 Å². The van der Waals surface area contributed by atoms with Gasteiger partial charge in [0.05, 0.1) is 5.69 Å². The molecule has 1 heterocycles. The average Bonchev–Trinajstić information content (AvgIpc) is 2.46. The molecule has 0 bridgehead atoms. The fourth-order valence-corrected chi connectivity index (χ4v) is 3.12. The SMILES string of the molecule is CCc1c(Br)nc(C)n1COCC[Si](C)(C)C. The first kappa shape index (κ1) is 14.9. The highest BCUT2D eigenvalue weighted by atomic mass is 79.9. The first-order valence-corrected chi connectivity index (χ1v) is 10.6. The molecule has 98 valence electrons. The molecule has 17 heavy (non-hydrogen) atoms. The molecule has 1 aromatic heterocycles. The van der Waals surface area contributed by atoms with Crippen molar-refractivity contribution in [1.82, 2.24) is 9.55 Å². The molecule has 1 rings (SSSR count). The Labute approximate surface area is 114 Å². The summed E-state index contributed by atoms with van der Waals surface area (Å²) in [5.74, 6) is 1.02. The van der Waals surface area contributed by atoms with Crippen LogP contribution in [0.2, 0.25) is 25.7 Å². The highest BCUT2D eigenvalue weighted by molar-refractivity contribution is 9.10. The van der Waals surface area contributed by atoms with Gasteiger partial charge in [0.25, 0.3) is 0 Å². The maximum absolute atomic E-state index is 5.77. The standard InChI is InChI=1S/C12H23BrN2OSi/c1-6-11-12(13)14-10(2)15(11)9-16-7-8-17(3,4)5/h6-9H2,1-5H3. The maximum Gasteiger partial charge on any atom is 0.127 e. The van der Waals surface area contributed by atoms with E-state index in [1.165, 1.54) is 11.7 Å². The number of halogens is 1. The van der Waals surface area contributed by atoms with Gasteiger partial charge in [-0.1, -0.05) is 26.6 Å². The lowest BCUT2D eigenvalue weighted by atomic mass is 10.4. The van der Waals surface area contributed by atoms with Crippen LogP contribution in [0.3, 0.4) is 0 Å². The van der Waals surface area contributed by atoms with Crippen LogP contribution in [0.5, 0.6) is 0 Å². The Morgan fingerprint density at radius 3 is 2.53 bits per heavy atom. The summed E-state index contributed by atoms with van der Waals surface area (Å²) in [5.41, 5.74) is 1.22. The lowest BCUT2D eigenvalue weighted by molar-refractivity contribution is 0.0839. The highest BCUT2D eigenvalue weighted by Gasteiger charge is 2.13. The summed E-state index contributed by atoms with van der Waals surface area (Å²) in [5, 5.41) is 0. The lowest BCUT2D eigenvalue weighted by Gasteiger charge is -2.16. The lowest BCUT2D eigenvalue weighted by Crippen LogP contribution is -2.22. The van der Waals surface area contributed by atoms with Crippen molar-refractivity contribution in [1.29, 1.82) is 0 Å². The van der Waals surface area contributed by atoms with Crippen molar-refractivity contribution >= 4 is 24.0 Å². The van der Waals surface area contributed by atoms with Crippen LogP contribution < -0.4 is 0 Å². The van der Waals surface area contributed by atoms with Crippen LogP contribution in [0.15, 0.2) is 4.60 Å². The number of hydrogen-bond acceptors (Lipinski definition) is 2. The first-order chi connectivity index (χ1) is 7.85. The van der Waals surface area contributed by atoms with Crippen LogP contribution in [-0.4, -0.2) is 24.2 Å². The number of imidazole rings is 1. The van der Waals surface area contributed by atoms with Crippen molar-refractivity contribution in [2.75, 3.05) is 6.61 Å². The van der Waals surface area contributed by atoms with E-state index in [1.54, 1.807) is 0 Å². The van der Waals surface area contributed by atoms with E-state index in [2.05, 4.69) is 52.0 Å². The van der Waals surface area contributed by atoms with Crippen molar-refractivity contribution in [3.05, 3.63) is 16.1 Å². The van der Waals surface area contributed by atoms with Gasteiger partial charge in [-0.15, -0.1) is 0 Å². The van der Waals surface area contributed by atoms with E-state index >= 15 is 0 Å². The van der Waals surface area contributed by atoms with E-state index in [-0.39, 0.29) is 0 Å². The molecule has 0 aliphatic rings. The quantitative estimate of drug-likeness (QED) is 0.588. The molecule has 0 saturated heterocycles. The average molecular weight is 319 g/mol. The zero-order chi connectivity index (χ0) is 13.1. The van der Waals surface area contributed by atoms with Crippen molar-refractivity contribution in [3.8, 4) is 0 Å². The fraction of sp³-hybridized carbons (Fsp3) is 0.750. The number of aromatic nitrogens is 2. The Morgan fingerprint density at radius 1 is 1.35 bits per heavy atom. The maximum atomic E-state index is 5.77. The minimum Gasteiger partial charge on any atom is -0.361 e. The van der Waals surface area contributed by atoms with Crippen molar-refractivity contribution in [3.63, 3.8) is 0 Å². The Morgan fingerprint density at radius 2 is 2.00 bits per heavy atom. The monoisotopic (exact) mass is 318 g/mol. The molecule has 0 fully saturated rings. The summed E-state index contributed by atoms with van der Waals surface area (Å²) < 4.78 is 8.87. The molecule has 0 amide bonds. The molecular formula is C12H23BrN2OSi. The van der Waals surface area contributed by atoms with Gasteiger partial charge in [-0.25, -0.2) is 4.98 Å². The minimum absolute atomic E-state index is 0.623. The van der Waals surface area contributed by atoms with Gasteiger partial charge < -0.3 is 9.30 Å². The van der Waals surface area contributed by atoms with Gasteiger partial charge in [0.15, 0.2) is 0 Å². The topological polar surface area (TPSA) is 27.1 Å². The number of hydrogen-bond donors (Lipinski definition) is 0. The van der Waals surface area contributed by atoms with E-state index in [4.69, 9.17) is 4.74 Å². The Kier molecular flexibility index (Phi) is 5.41. The summed E-state index contributed by atoms with van der Waals surface area (Å²) in [6, 6.07) is 1.21. The van der Waals surface area contributed by atoms with Gasteiger partial charge in [-0.3, -0.25) is 0 Å². The smallest absolute Gasteiger partial charge is 0.127 e. The molecule has 0 aliphatic carbocycles. The normalized spacial score (nSPS) is 12.1.